The minimum Gasteiger partial charge on any atom is -0.314 e. The molecule has 0 aliphatic carbocycles. The first kappa shape index (κ1) is 11.8. The number of hydrazine groups is 1. The quantitative estimate of drug-likeness (QED) is 0.635. The van der Waals surface area contributed by atoms with Crippen LogP contribution in [0.15, 0.2) is 35.7 Å². The third-order valence-electron chi connectivity index (χ3n) is 3.07. The Morgan fingerprint density at radius 1 is 1.06 bits per heavy atom. The second-order valence-electron chi connectivity index (χ2n) is 4.30. The normalized spacial score (nSPS) is 27.6. The van der Waals surface area contributed by atoms with Gasteiger partial charge in [0, 0.05) is 10.9 Å². The first-order valence-electron chi connectivity index (χ1n) is 5.79. The van der Waals surface area contributed by atoms with Crippen LogP contribution in [0.5, 0.6) is 0 Å². The van der Waals surface area contributed by atoms with Gasteiger partial charge in [-0.25, -0.2) is 15.8 Å². The van der Waals surface area contributed by atoms with Gasteiger partial charge >= 0.3 is 0 Å². The van der Waals surface area contributed by atoms with Crippen molar-refractivity contribution in [3.8, 4) is 11.3 Å². The number of hydrogen-bond donors (Lipinski definition) is 4. The predicted octanol–water partition coefficient (Wildman–Crippen LogP) is 0.571. The van der Waals surface area contributed by atoms with Crippen molar-refractivity contribution in [1.29, 1.82) is 0 Å². The van der Waals surface area contributed by atoms with Crippen molar-refractivity contribution in [3.63, 3.8) is 0 Å². The van der Waals surface area contributed by atoms with Crippen LogP contribution in [-0.2, 0) is 0 Å². The van der Waals surface area contributed by atoms with E-state index in [2.05, 4.69) is 15.8 Å². The number of aromatic nitrogens is 1. The van der Waals surface area contributed by atoms with Crippen LogP contribution in [0.25, 0.3) is 11.3 Å². The molecule has 0 bridgehead atoms. The van der Waals surface area contributed by atoms with Crippen molar-refractivity contribution in [2.24, 2.45) is 11.5 Å². The second-order valence-corrected chi connectivity index (χ2v) is 5.19. The van der Waals surface area contributed by atoms with E-state index in [1.165, 1.54) is 0 Å². The Bertz CT molecular complexity index is 516. The predicted molar refractivity (Wildman–Crippen MR) is 72.5 cm³/mol. The van der Waals surface area contributed by atoms with Crippen LogP contribution in [0.4, 0.5) is 0 Å². The highest BCUT2D eigenvalue weighted by Gasteiger charge is 2.34. The van der Waals surface area contributed by atoms with Crippen LogP contribution in [0.3, 0.4) is 0 Å². The summed E-state index contributed by atoms with van der Waals surface area (Å²) in [7, 11) is 0. The summed E-state index contributed by atoms with van der Waals surface area (Å²) in [6.07, 6.45) is -0.399. The number of hydrogen-bond acceptors (Lipinski definition) is 6. The molecular weight excluding hydrogens is 246 g/mol. The van der Waals surface area contributed by atoms with Gasteiger partial charge in [0.1, 0.15) is 5.01 Å². The van der Waals surface area contributed by atoms with Gasteiger partial charge in [-0.3, -0.25) is 0 Å². The Morgan fingerprint density at radius 3 is 2.39 bits per heavy atom. The van der Waals surface area contributed by atoms with Crippen LogP contribution >= 0.6 is 11.3 Å². The molecule has 3 rings (SSSR count). The molecule has 5 nitrogen and oxygen atoms in total. The van der Waals surface area contributed by atoms with E-state index in [0.717, 1.165) is 16.3 Å². The summed E-state index contributed by atoms with van der Waals surface area (Å²) < 4.78 is 0. The van der Waals surface area contributed by atoms with E-state index in [1.807, 2.05) is 35.7 Å². The van der Waals surface area contributed by atoms with Gasteiger partial charge in [-0.05, 0) is 0 Å². The molecule has 2 unspecified atom stereocenters. The number of nitrogens with zero attached hydrogens (tertiary/aromatic N) is 1. The van der Waals surface area contributed by atoms with E-state index in [1.54, 1.807) is 11.3 Å². The van der Waals surface area contributed by atoms with Crippen molar-refractivity contribution in [1.82, 2.24) is 15.8 Å². The molecule has 18 heavy (non-hydrogen) atoms. The van der Waals surface area contributed by atoms with Crippen LogP contribution in [0.1, 0.15) is 10.9 Å². The molecule has 0 saturated carbocycles. The molecule has 0 amide bonds. The summed E-state index contributed by atoms with van der Waals surface area (Å²) in [5.41, 5.74) is 19.9. The van der Waals surface area contributed by atoms with Crippen LogP contribution in [0.2, 0.25) is 0 Å². The number of nitrogens with one attached hydrogen (secondary N) is 2. The van der Waals surface area contributed by atoms with Gasteiger partial charge in [0.05, 0.1) is 23.9 Å². The number of thiazole rings is 1. The number of nitrogens with two attached hydrogens (primary N) is 2. The molecule has 2 aromatic rings. The fraction of sp³-hybridized carbons (Fsp3) is 0.250. The van der Waals surface area contributed by atoms with Gasteiger partial charge in [-0.2, -0.15) is 0 Å². The summed E-state index contributed by atoms with van der Waals surface area (Å²) in [6, 6.07) is 10.1. The Hall–Kier alpha value is -1.31. The molecule has 0 spiro atoms. The smallest absolute Gasteiger partial charge is 0.102 e. The zero-order valence-electron chi connectivity index (χ0n) is 9.71. The lowest BCUT2D eigenvalue weighted by molar-refractivity contribution is 0.541. The van der Waals surface area contributed by atoms with E-state index < -0.39 is 0 Å². The van der Waals surface area contributed by atoms with Crippen LogP contribution in [0, 0.1) is 0 Å². The van der Waals surface area contributed by atoms with Gasteiger partial charge < -0.3 is 11.5 Å². The molecule has 1 aliphatic heterocycles. The summed E-state index contributed by atoms with van der Waals surface area (Å²) in [5.74, 6) is 0.00691. The molecular formula is C12H15N5S. The topological polar surface area (TPSA) is 89.0 Å². The van der Waals surface area contributed by atoms with E-state index in [-0.39, 0.29) is 18.2 Å². The van der Waals surface area contributed by atoms with Crippen molar-refractivity contribution in [2.75, 3.05) is 0 Å². The minimum absolute atomic E-state index is 0.00691. The molecule has 1 fully saturated rings. The van der Waals surface area contributed by atoms with E-state index in [4.69, 9.17) is 11.5 Å². The highest BCUT2D eigenvalue weighted by Crippen LogP contribution is 2.29. The van der Waals surface area contributed by atoms with E-state index in [0.29, 0.717) is 0 Å². The monoisotopic (exact) mass is 261 g/mol. The Kier molecular flexibility index (Phi) is 3.11. The molecule has 1 aliphatic rings. The Labute approximate surface area is 109 Å². The summed E-state index contributed by atoms with van der Waals surface area (Å²) in [5, 5.41) is 3.01. The molecule has 6 N–H and O–H groups in total. The van der Waals surface area contributed by atoms with Gasteiger partial charge in [-0.15, -0.1) is 11.3 Å². The molecule has 1 aromatic heterocycles. The molecule has 0 radical (unpaired) electrons. The number of rotatable bonds is 2. The van der Waals surface area contributed by atoms with Crippen molar-refractivity contribution >= 4 is 11.3 Å². The second kappa shape index (κ2) is 4.75. The third-order valence-corrected chi connectivity index (χ3v) is 4.01. The van der Waals surface area contributed by atoms with Crippen LogP contribution in [-0.4, -0.2) is 17.3 Å². The van der Waals surface area contributed by atoms with Gasteiger partial charge in [0.15, 0.2) is 0 Å². The maximum absolute atomic E-state index is 5.96. The molecule has 94 valence electrons. The van der Waals surface area contributed by atoms with E-state index in [9.17, 15) is 0 Å². The highest BCUT2D eigenvalue weighted by molar-refractivity contribution is 7.10. The first-order chi connectivity index (χ1) is 8.75. The van der Waals surface area contributed by atoms with Gasteiger partial charge in [0.25, 0.3) is 0 Å². The fourth-order valence-electron chi connectivity index (χ4n) is 2.08. The van der Waals surface area contributed by atoms with Gasteiger partial charge in [0.2, 0.25) is 0 Å². The van der Waals surface area contributed by atoms with Crippen LogP contribution < -0.4 is 22.3 Å². The summed E-state index contributed by atoms with van der Waals surface area (Å²) >= 11 is 1.60. The third kappa shape index (κ3) is 2.05. The SMILES string of the molecule is NC1NNC(N)C1c1nc(-c2ccccc2)cs1. The zero-order valence-corrected chi connectivity index (χ0v) is 10.5. The van der Waals surface area contributed by atoms with Crippen molar-refractivity contribution < 1.29 is 0 Å². The highest BCUT2D eigenvalue weighted by atomic mass is 32.1. The van der Waals surface area contributed by atoms with Crippen molar-refractivity contribution in [2.45, 2.75) is 18.2 Å². The number of benzene rings is 1. The maximum Gasteiger partial charge on any atom is 0.102 e. The molecule has 2 atom stereocenters. The van der Waals surface area contributed by atoms with E-state index >= 15 is 0 Å². The lowest BCUT2D eigenvalue weighted by atomic mass is 10.1. The maximum atomic E-state index is 5.96. The molecule has 2 heterocycles. The zero-order chi connectivity index (χ0) is 12.5. The van der Waals surface area contributed by atoms with Crippen molar-refractivity contribution in [3.05, 3.63) is 40.7 Å². The summed E-state index contributed by atoms with van der Waals surface area (Å²) in [4.78, 5) is 4.64. The Morgan fingerprint density at radius 2 is 1.72 bits per heavy atom. The average Bonchev–Trinajstić information content (AvgIpc) is 2.98. The Balaban J connectivity index is 1.90. The first-order valence-corrected chi connectivity index (χ1v) is 6.67. The fourth-order valence-corrected chi connectivity index (χ4v) is 3.11. The summed E-state index contributed by atoms with van der Waals surface area (Å²) in [6.45, 7) is 0. The van der Waals surface area contributed by atoms with Gasteiger partial charge in [-0.1, -0.05) is 30.3 Å². The lowest BCUT2D eigenvalue weighted by Crippen LogP contribution is -2.39. The minimum atomic E-state index is -0.199. The molecule has 6 heteroatoms. The molecule has 1 saturated heterocycles. The molecule has 1 aromatic carbocycles. The standard InChI is InChI=1S/C12H15N5S/c13-10-9(11(14)17-16-10)12-15-8(6-18-12)7-4-2-1-3-5-7/h1-6,9-11,16-17H,13-14H2. The average molecular weight is 261 g/mol. The lowest BCUT2D eigenvalue weighted by Gasteiger charge is -2.14. The largest absolute Gasteiger partial charge is 0.314 e.